The van der Waals surface area contributed by atoms with Crippen molar-refractivity contribution < 1.29 is 0 Å². The Morgan fingerprint density at radius 2 is 1.32 bits per heavy atom. The van der Waals surface area contributed by atoms with Gasteiger partial charge in [-0.15, -0.1) is 0 Å². The Bertz CT molecular complexity index is 842. The van der Waals surface area contributed by atoms with Crippen LogP contribution in [0.25, 0.3) is 22.0 Å². The minimum absolute atomic E-state index is 0.687. The predicted molar refractivity (Wildman–Crippen MR) is 91.1 cm³/mol. The van der Waals surface area contributed by atoms with Crippen LogP contribution in [0.15, 0.2) is 54.6 Å². The first-order valence-electron chi connectivity index (χ1n) is 8.40. The molecule has 0 aliphatic heterocycles. The largest absolute Gasteiger partial charge is 0.252 e. The highest BCUT2D eigenvalue weighted by molar-refractivity contribution is 5.97. The summed E-state index contributed by atoms with van der Waals surface area (Å²) in [6.45, 7) is 0. The van der Waals surface area contributed by atoms with Crippen LogP contribution in [-0.2, 0) is 0 Å². The molecule has 2 bridgehead atoms. The summed E-state index contributed by atoms with van der Waals surface area (Å²) in [4.78, 5) is 5.19. The van der Waals surface area contributed by atoms with E-state index in [9.17, 15) is 0 Å². The van der Waals surface area contributed by atoms with E-state index < -0.39 is 0 Å². The number of nitrogens with zero attached hydrogens (tertiary/aromatic N) is 1. The maximum absolute atomic E-state index is 5.19. The number of fused-ring (bicyclic) bond motifs is 3. The number of hydrogen-bond acceptors (Lipinski definition) is 1. The predicted octanol–water partition coefficient (Wildman–Crippen LogP) is 5.66. The summed E-state index contributed by atoms with van der Waals surface area (Å²) in [6.07, 6.45) is 5.37. The molecule has 1 heterocycles. The van der Waals surface area contributed by atoms with Crippen LogP contribution in [-0.4, -0.2) is 4.98 Å². The summed E-state index contributed by atoms with van der Waals surface area (Å²) in [5.41, 5.74) is 5.38. The van der Waals surface area contributed by atoms with Gasteiger partial charge in [0.1, 0.15) is 0 Å². The molecule has 1 nitrogen and oxygen atoms in total. The van der Waals surface area contributed by atoms with Crippen molar-refractivity contribution in [3.05, 3.63) is 65.9 Å². The van der Waals surface area contributed by atoms with Crippen molar-refractivity contribution in [2.45, 2.75) is 37.5 Å². The molecule has 108 valence electrons. The first-order valence-corrected chi connectivity index (χ1v) is 8.40. The second-order valence-electron chi connectivity index (χ2n) is 6.72. The first kappa shape index (κ1) is 12.4. The van der Waals surface area contributed by atoms with Crippen LogP contribution in [0.5, 0.6) is 0 Å². The van der Waals surface area contributed by atoms with Gasteiger partial charge in [0.05, 0.1) is 5.69 Å². The zero-order valence-corrected chi connectivity index (χ0v) is 12.6. The Labute approximate surface area is 131 Å². The van der Waals surface area contributed by atoms with E-state index >= 15 is 0 Å². The fraction of sp³-hybridized carbons (Fsp3) is 0.286. The standard InChI is InChI=1S/C21H19N/c1-2-6-15(7-3-1)20-18-9-5-4-8-17(18)19-14-10-12-16(13-11-14)21(19)22-20/h1-9,14,16H,10-13H2. The van der Waals surface area contributed by atoms with E-state index in [-0.39, 0.29) is 0 Å². The monoisotopic (exact) mass is 285 g/mol. The number of benzene rings is 2. The maximum atomic E-state index is 5.19. The molecule has 0 N–H and O–H groups in total. The van der Waals surface area contributed by atoms with Crippen LogP contribution >= 0.6 is 0 Å². The molecular weight excluding hydrogens is 266 g/mol. The lowest BCUT2D eigenvalue weighted by Gasteiger charge is -2.38. The van der Waals surface area contributed by atoms with Gasteiger partial charge in [-0.25, -0.2) is 0 Å². The van der Waals surface area contributed by atoms with E-state index in [1.165, 1.54) is 53.4 Å². The van der Waals surface area contributed by atoms with E-state index in [1.807, 2.05) is 0 Å². The lowest BCUT2D eigenvalue weighted by atomic mass is 9.68. The number of pyridine rings is 1. The quantitative estimate of drug-likeness (QED) is 0.562. The molecule has 3 aliphatic rings. The Morgan fingerprint density at radius 1 is 0.682 bits per heavy atom. The molecule has 0 spiro atoms. The maximum Gasteiger partial charge on any atom is 0.0783 e. The summed E-state index contributed by atoms with van der Waals surface area (Å²) in [5, 5.41) is 2.76. The molecule has 1 fully saturated rings. The Morgan fingerprint density at radius 3 is 2.09 bits per heavy atom. The summed E-state index contributed by atoms with van der Waals surface area (Å²) in [5.74, 6) is 1.43. The van der Waals surface area contributed by atoms with Crippen molar-refractivity contribution in [3.8, 4) is 11.3 Å². The van der Waals surface area contributed by atoms with Gasteiger partial charge < -0.3 is 0 Å². The summed E-state index contributed by atoms with van der Waals surface area (Å²) in [7, 11) is 0. The fourth-order valence-electron chi connectivity index (χ4n) is 4.52. The topological polar surface area (TPSA) is 12.9 Å². The van der Waals surface area contributed by atoms with Gasteiger partial charge in [-0.05, 0) is 42.6 Å². The zero-order valence-electron chi connectivity index (χ0n) is 12.6. The zero-order chi connectivity index (χ0) is 14.5. The van der Waals surface area contributed by atoms with E-state index in [2.05, 4.69) is 54.6 Å². The van der Waals surface area contributed by atoms with E-state index in [0.717, 1.165) is 5.92 Å². The number of aromatic nitrogens is 1. The molecule has 2 aromatic carbocycles. The van der Waals surface area contributed by atoms with Crippen LogP contribution < -0.4 is 0 Å². The second kappa shape index (κ2) is 4.67. The van der Waals surface area contributed by atoms with Crippen molar-refractivity contribution in [1.29, 1.82) is 0 Å². The molecule has 0 saturated heterocycles. The van der Waals surface area contributed by atoms with Gasteiger partial charge in [0.15, 0.2) is 0 Å². The molecule has 0 amide bonds. The summed E-state index contributed by atoms with van der Waals surface area (Å²) in [6, 6.07) is 19.5. The molecule has 1 aromatic heterocycles. The van der Waals surface area contributed by atoms with Gasteiger partial charge in [0, 0.05) is 22.6 Å². The van der Waals surface area contributed by atoms with Gasteiger partial charge >= 0.3 is 0 Å². The van der Waals surface area contributed by atoms with E-state index in [1.54, 1.807) is 5.56 Å². The minimum atomic E-state index is 0.687. The van der Waals surface area contributed by atoms with Crippen LogP contribution in [0.2, 0.25) is 0 Å². The lowest BCUT2D eigenvalue weighted by Crippen LogP contribution is -2.23. The van der Waals surface area contributed by atoms with Crippen LogP contribution in [0, 0.1) is 0 Å². The van der Waals surface area contributed by atoms with Gasteiger partial charge in [0.25, 0.3) is 0 Å². The smallest absolute Gasteiger partial charge is 0.0783 e. The van der Waals surface area contributed by atoms with Crippen LogP contribution in [0.4, 0.5) is 0 Å². The second-order valence-corrected chi connectivity index (χ2v) is 6.72. The summed E-state index contributed by atoms with van der Waals surface area (Å²) < 4.78 is 0. The average Bonchev–Trinajstić information content (AvgIpc) is 2.62. The third-order valence-corrected chi connectivity index (χ3v) is 5.55. The highest BCUT2D eigenvalue weighted by Gasteiger charge is 2.35. The molecular formula is C21H19N. The summed E-state index contributed by atoms with van der Waals surface area (Å²) >= 11 is 0. The van der Waals surface area contributed by atoms with Crippen molar-refractivity contribution in [3.63, 3.8) is 0 Å². The third-order valence-electron chi connectivity index (χ3n) is 5.55. The van der Waals surface area contributed by atoms with E-state index in [4.69, 9.17) is 4.98 Å². The van der Waals surface area contributed by atoms with E-state index in [0.29, 0.717) is 5.92 Å². The highest BCUT2D eigenvalue weighted by atomic mass is 14.8. The molecule has 0 radical (unpaired) electrons. The Hall–Kier alpha value is -2.15. The molecule has 6 rings (SSSR count). The van der Waals surface area contributed by atoms with Crippen LogP contribution in [0.3, 0.4) is 0 Å². The van der Waals surface area contributed by atoms with Crippen molar-refractivity contribution in [2.24, 2.45) is 0 Å². The van der Waals surface area contributed by atoms with Gasteiger partial charge in [-0.1, -0.05) is 54.6 Å². The SMILES string of the molecule is c1ccc(-c2nc3c(c4ccccc24)C2CCC3CC2)cc1. The van der Waals surface area contributed by atoms with Gasteiger partial charge in [0.2, 0.25) is 0 Å². The van der Waals surface area contributed by atoms with Crippen molar-refractivity contribution in [1.82, 2.24) is 4.98 Å². The third kappa shape index (κ3) is 1.68. The Balaban J connectivity index is 1.88. The highest BCUT2D eigenvalue weighted by Crippen LogP contribution is 2.51. The normalized spacial score (nSPS) is 22.7. The molecule has 1 saturated carbocycles. The van der Waals surface area contributed by atoms with Crippen molar-refractivity contribution in [2.75, 3.05) is 0 Å². The van der Waals surface area contributed by atoms with Crippen LogP contribution in [0.1, 0.15) is 48.8 Å². The average molecular weight is 285 g/mol. The number of hydrogen-bond donors (Lipinski definition) is 0. The van der Waals surface area contributed by atoms with Gasteiger partial charge in [-0.3, -0.25) is 4.98 Å². The molecule has 0 unspecified atom stereocenters. The molecule has 1 heteroatoms. The molecule has 3 aliphatic carbocycles. The molecule has 3 aromatic rings. The molecule has 22 heavy (non-hydrogen) atoms. The fourth-order valence-corrected chi connectivity index (χ4v) is 4.52. The van der Waals surface area contributed by atoms with Gasteiger partial charge in [-0.2, -0.15) is 0 Å². The molecule has 0 atom stereocenters. The first-order chi connectivity index (χ1) is 10.9. The Kier molecular flexibility index (Phi) is 2.63. The minimum Gasteiger partial charge on any atom is -0.252 e. The lowest BCUT2D eigenvalue weighted by molar-refractivity contribution is 0.353. The van der Waals surface area contributed by atoms with Crippen molar-refractivity contribution >= 4 is 10.8 Å². The number of rotatable bonds is 1.